The zero-order valence-corrected chi connectivity index (χ0v) is 21.6. The Morgan fingerprint density at radius 1 is 1.03 bits per heavy atom. The van der Waals surface area contributed by atoms with Gasteiger partial charge in [0.25, 0.3) is 5.91 Å². The largest absolute Gasteiger partial charge is 0.355 e. The van der Waals surface area contributed by atoms with Crippen molar-refractivity contribution in [2.24, 2.45) is 5.92 Å². The van der Waals surface area contributed by atoms with Crippen molar-refractivity contribution in [3.05, 3.63) is 64.7 Å². The molecule has 7 heteroatoms. The molecule has 0 aromatic heterocycles. The summed E-state index contributed by atoms with van der Waals surface area (Å²) in [5.74, 6) is 0.288. The van der Waals surface area contributed by atoms with E-state index in [1.54, 1.807) is 29.1 Å². The van der Waals surface area contributed by atoms with E-state index in [-0.39, 0.29) is 30.7 Å². The normalized spacial score (nSPS) is 13.0. The molecule has 188 valence electrons. The number of aryl methyl sites for hydroxylation is 1. The lowest BCUT2D eigenvalue weighted by Gasteiger charge is -2.32. The molecular formula is C28H38N4O3. The monoisotopic (exact) mass is 478 g/mol. The second-order valence-corrected chi connectivity index (χ2v) is 9.81. The fourth-order valence-corrected chi connectivity index (χ4v) is 4.31. The van der Waals surface area contributed by atoms with E-state index in [1.165, 1.54) is 18.1 Å². The summed E-state index contributed by atoms with van der Waals surface area (Å²) < 4.78 is 0. The van der Waals surface area contributed by atoms with Crippen LogP contribution in [-0.2, 0) is 22.7 Å². The van der Waals surface area contributed by atoms with Crippen molar-refractivity contribution in [1.29, 1.82) is 0 Å². The van der Waals surface area contributed by atoms with Gasteiger partial charge >= 0.3 is 0 Å². The fraction of sp³-hybridized carbons (Fsp3) is 0.464. The Balaban J connectivity index is 1.74. The Kier molecular flexibility index (Phi) is 9.04. The van der Waals surface area contributed by atoms with Crippen LogP contribution < -0.4 is 10.2 Å². The van der Waals surface area contributed by atoms with Gasteiger partial charge in [0, 0.05) is 37.9 Å². The zero-order valence-electron chi connectivity index (χ0n) is 21.6. The number of likely N-dealkylation sites (N-methyl/N-ethyl adjacent to an activating group) is 1. The van der Waals surface area contributed by atoms with Gasteiger partial charge < -0.3 is 10.2 Å². The SMILES string of the molecule is CC(=O)c1ccc(C)c(N(CC(=O)NCCCC(C)C)CC(=O)N(C)N2Cc3ccccc3C2)c1. The Hall–Kier alpha value is -3.19. The highest BCUT2D eigenvalue weighted by molar-refractivity contribution is 5.96. The molecule has 2 aromatic rings. The lowest BCUT2D eigenvalue weighted by Crippen LogP contribution is -2.48. The van der Waals surface area contributed by atoms with Crippen LogP contribution >= 0.6 is 0 Å². The summed E-state index contributed by atoms with van der Waals surface area (Å²) in [5.41, 5.74) is 4.63. The van der Waals surface area contributed by atoms with Crippen molar-refractivity contribution in [3.63, 3.8) is 0 Å². The molecule has 0 atom stereocenters. The van der Waals surface area contributed by atoms with Gasteiger partial charge in [0.15, 0.2) is 5.78 Å². The van der Waals surface area contributed by atoms with Crippen LogP contribution in [0.3, 0.4) is 0 Å². The number of hydrazine groups is 1. The Bertz CT molecular complexity index is 1040. The van der Waals surface area contributed by atoms with Crippen LogP contribution in [0.5, 0.6) is 0 Å². The summed E-state index contributed by atoms with van der Waals surface area (Å²) >= 11 is 0. The minimum absolute atomic E-state index is 0.0327. The number of Topliss-reactive ketones (excluding diaryl/α,β-unsaturated/α-hetero) is 1. The van der Waals surface area contributed by atoms with E-state index in [2.05, 4.69) is 31.3 Å². The predicted molar refractivity (Wildman–Crippen MR) is 139 cm³/mol. The van der Waals surface area contributed by atoms with E-state index >= 15 is 0 Å². The molecule has 0 unspecified atom stereocenters. The van der Waals surface area contributed by atoms with Crippen molar-refractivity contribution >= 4 is 23.3 Å². The molecule has 2 amide bonds. The van der Waals surface area contributed by atoms with E-state index in [4.69, 9.17) is 0 Å². The molecule has 1 aliphatic heterocycles. The van der Waals surface area contributed by atoms with E-state index in [1.807, 2.05) is 30.1 Å². The summed E-state index contributed by atoms with van der Waals surface area (Å²) in [4.78, 5) is 40.0. The van der Waals surface area contributed by atoms with E-state index in [9.17, 15) is 14.4 Å². The van der Waals surface area contributed by atoms with Gasteiger partial charge in [-0.2, -0.15) is 0 Å². The van der Waals surface area contributed by atoms with Crippen LogP contribution in [0.25, 0.3) is 0 Å². The third-order valence-corrected chi connectivity index (χ3v) is 6.51. The maximum absolute atomic E-state index is 13.4. The van der Waals surface area contributed by atoms with Gasteiger partial charge in [0.2, 0.25) is 5.91 Å². The number of nitrogens with one attached hydrogen (secondary N) is 1. The number of hydrogen-bond donors (Lipinski definition) is 1. The van der Waals surface area contributed by atoms with Gasteiger partial charge in [-0.15, -0.1) is 0 Å². The predicted octanol–water partition coefficient (Wildman–Crippen LogP) is 3.95. The first-order chi connectivity index (χ1) is 16.7. The van der Waals surface area contributed by atoms with Gasteiger partial charge in [-0.1, -0.05) is 50.2 Å². The number of amides is 2. The standard InChI is InChI=1S/C28H38N4O3/c1-20(2)9-8-14-29-27(34)18-31(26-15-23(22(4)33)13-12-21(26)3)19-28(35)30(5)32-16-24-10-6-7-11-25(24)17-32/h6-7,10-13,15,20H,8-9,14,16-19H2,1-5H3,(H,29,34). The van der Waals surface area contributed by atoms with Crippen LogP contribution in [0.15, 0.2) is 42.5 Å². The van der Waals surface area contributed by atoms with Gasteiger partial charge in [0.1, 0.15) is 0 Å². The van der Waals surface area contributed by atoms with Crippen molar-refractivity contribution in [2.45, 2.75) is 53.6 Å². The highest BCUT2D eigenvalue weighted by Crippen LogP contribution is 2.25. The van der Waals surface area contributed by atoms with Crippen LogP contribution in [0.4, 0.5) is 5.69 Å². The topological polar surface area (TPSA) is 73.0 Å². The number of carbonyl (C=O) groups excluding carboxylic acids is 3. The summed E-state index contributed by atoms with van der Waals surface area (Å²) in [6, 6.07) is 13.6. The van der Waals surface area contributed by atoms with Gasteiger partial charge in [0.05, 0.1) is 13.1 Å². The lowest BCUT2D eigenvalue weighted by molar-refractivity contribution is -0.145. The first-order valence-electron chi connectivity index (χ1n) is 12.4. The highest BCUT2D eigenvalue weighted by Gasteiger charge is 2.27. The first-order valence-corrected chi connectivity index (χ1v) is 12.4. The van der Waals surface area contributed by atoms with Gasteiger partial charge in [-0.05, 0) is 55.4 Å². The fourth-order valence-electron chi connectivity index (χ4n) is 4.31. The minimum Gasteiger partial charge on any atom is -0.355 e. The Labute approximate surface area is 209 Å². The summed E-state index contributed by atoms with van der Waals surface area (Å²) in [7, 11) is 1.78. The maximum atomic E-state index is 13.4. The maximum Gasteiger partial charge on any atom is 0.256 e. The molecule has 1 N–H and O–H groups in total. The van der Waals surface area contributed by atoms with Crippen LogP contribution in [0.1, 0.15) is 60.7 Å². The summed E-state index contributed by atoms with van der Waals surface area (Å²) in [5, 5.41) is 6.64. The summed E-state index contributed by atoms with van der Waals surface area (Å²) in [6.07, 6.45) is 1.96. The molecular weight excluding hydrogens is 440 g/mol. The van der Waals surface area contributed by atoms with Crippen molar-refractivity contribution in [1.82, 2.24) is 15.3 Å². The number of rotatable bonds is 11. The molecule has 0 aliphatic carbocycles. The quantitative estimate of drug-likeness (QED) is 0.391. The smallest absolute Gasteiger partial charge is 0.256 e. The Morgan fingerprint density at radius 3 is 2.29 bits per heavy atom. The third-order valence-electron chi connectivity index (χ3n) is 6.51. The zero-order chi connectivity index (χ0) is 25.5. The number of fused-ring (bicyclic) bond motifs is 1. The van der Waals surface area contributed by atoms with Crippen molar-refractivity contribution in [2.75, 3.05) is 31.6 Å². The molecule has 0 saturated heterocycles. The lowest BCUT2D eigenvalue weighted by atomic mass is 10.1. The molecule has 0 radical (unpaired) electrons. The third kappa shape index (κ3) is 7.15. The van der Waals surface area contributed by atoms with E-state index in [0.717, 1.165) is 24.1 Å². The van der Waals surface area contributed by atoms with Crippen molar-refractivity contribution in [3.8, 4) is 0 Å². The second-order valence-electron chi connectivity index (χ2n) is 9.81. The van der Waals surface area contributed by atoms with E-state index < -0.39 is 0 Å². The molecule has 0 saturated carbocycles. The molecule has 7 nitrogen and oxygen atoms in total. The molecule has 1 aliphatic rings. The number of carbonyl (C=O) groups is 3. The van der Waals surface area contributed by atoms with Crippen molar-refractivity contribution < 1.29 is 14.4 Å². The van der Waals surface area contributed by atoms with Crippen LogP contribution in [0.2, 0.25) is 0 Å². The first kappa shape index (κ1) is 26.4. The number of anilines is 1. The molecule has 3 rings (SSSR count). The average Bonchev–Trinajstić information content (AvgIpc) is 3.25. The molecule has 0 spiro atoms. The Morgan fingerprint density at radius 2 is 1.69 bits per heavy atom. The van der Waals surface area contributed by atoms with E-state index in [0.29, 0.717) is 31.1 Å². The second kappa shape index (κ2) is 12.0. The molecule has 35 heavy (non-hydrogen) atoms. The number of nitrogens with zero attached hydrogens (tertiary/aromatic N) is 3. The number of ketones is 1. The average molecular weight is 479 g/mol. The van der Waals surface area contributed by atoms with Crippen LogP contribution in [-0.4, -0.2) is 54.3 Å². The summed E-state index contributed by atoms with van der Waals surface area (Å²) in [6.45, 7) is 9.81. The minimum atomic E-state index is -0.134. The number of benzene rings is 2. The van der Waals surface area contributed by atoms with Gasteiger partial charge in [-0.25, -0.2) is 5.01 Å². The molecule has 1 heterocycles. The van der Waals surface area contributed by atoms with Crippen LogP contribution in [0, 0.1) is 12.8 Å². The molecule has 2 aromatic carbocycles. The molecule has 0 fully saturated rings. The molecule has 0 bridgehead atoms. The van der Waals surface area contributed by atoms with Gasteiger partial charge in [-0.3, -0.25) is 19.4 Å². The highest BCUT2D eigenvalue weighted by atomic mass is 16.2. The number of hydrogen-bond acceptors (Lipinski definition) is 5.